The first-order chi connectivity index (χ1) is 15.6. The molecule has 0 bridgehead atoms. The molecule has 0 saturated heterocycles. The van der Waals surface area contributed by atoms with E-state index in [0.717, 1.165) is 10.4 Å². The molecule has 0 aliphatic heterocycles. The Balaban J connectivity index is 1.57. The monoisotopic (exact) mass is 448 g/mol. The molecule has 3 heterocycles. The molecule has 10 heteroatoms. The van der Waals surface area contributed by atoms with Crippen molar-refractivity contribution in [3.8, 4) is 11.4 Å². The number of carbonyl (C=O) groups is 2. The van der Waals surface area contributed by atoms with Crippen molar-refractivity contribution in [1.29, 1.82) is 0 Å². The summed E-state index contributed by atoms with van der Waals surface area (Å²) in [5, 5.41) is 16.6. The fourth-order valence-electron chi connectivity index (χ4n) is 2.98. The predicted octanol–water partition coefficient (Wildman–Crippen LogP) is 2.77. The van der Waals surface area contributed by atoms with E-state index in [4.69, 9.17) is 4.42 Å². The molecule has 0 unspecified atom stereocenters. The molecule has 0 spiro atoms. The molecule has 4 aromatic rings. The van der Waals surface area contributed by atoms with Gasteiger partial charge in [-0.2, -0.15) is 4.68 Å². The first kappa shape index (κ1) is 21.2. The van der Waals surface area contributed by atoms with Crippen molar-refractivity contribution >= 4 is 34.9 Å². The van der Waals surface area contributed by atoms with Gasteiger partial charge in [0.25, 0.3) is 5.91 Å². The number of likely N-dealkylation sites (N-methyl/N-ethyl adjacent to an activating group) is 1. The highest BCUT2D eigenvalue weighted by molar-refractivity contribution is 7.10. The van der Waals surface area contributed by atoms with E-state index in [1.807, 2.05) is 47.8 Å². The van der Waals surface area contributed by atoms with Crippen molar-refractivity contribution in [2.75, 3.05) is 13.6 Å². The van der Waals surface area contributed by atoms with E-state index in [-0.39, 0.29) is 24.7 Å². The average molecular weight is 449 g/mol. The Hall–Kier alpha value is -4.05. The Morgan fingerprint density at radius 2 is 2.00 bits per heavy atom. The third-order valence-corrected chi connectivity index (χ3v) is 5.36. The summed E-state index contributed by atoms with van der Waals surface area (Å²) in [6, 6.07) is 16.6. The van der Waals surface area contributed by atoms with Gasteiger partial charge < -0.3 is 14.6 Å². The Kier molecular flexibility index (Phi) is 6.52. The molecule has 0 aliphatic carbocycles. The molecule has 9 nitrogen and oxygen atoms in total. The lowest BCUT2D eigenvalue weighted by Crippen LogP contribution is -2.39. The first-order valence-electron chi connectivity index (χ1n) is 9.76. The third-order valence-electron chi connectivity index (χ3n) is 4.54. The largest absolute Gasteiger partial charge is 0.467 e. The number of hydrogen-bond donors (Lipinski definition) is 1. The molecular weight excluding hydrogens is 428 g/mol. The number of tetrazole rings is 1. The molecular formula is C22H20N6O3S. The molecule has 1 N–H and O–H groups in total. The van der Waals surface area contributed by atoms with E-state index < -0.39 is 5.91 Å². The zero-order valence-electron chi connectivity index (χ0n) is 17.2. The Bertz CT molecular complexity index is 1200. The SMILES string of the molecule is CN(CC(=O)NCc1ccco1)C(=O)C(=Cc1cccs1)n1nnnc1-c1ccccc1. The maximum atomic E-state index is 13.4. The first-order valence-corrected chi connectivity index (χ1v) is 10.6. The topological polar surface area (TPSA) is 106 Å². The lowest BCUT2D eigenvalue weighted by molar-refractivity contribution is -0.130. The fraction of sp³-hybridized carbons (Fsp3) is 0.136. The molecule has 162 valence electrons. The van der Waals surface area contributed by atoms with Crippen molar-refractivity contribution in [3.05, 3.63) is 76.9 Å². The normalized spacial score (nSPS) is 11.3. The number of carbonyl (C=O) groups excluding carboxylic acids is 2. The molecule has 3 aromatic heterocycles. The summed E-state index contributed by atoms with van der Waals surface area (Å²) in [5.41, 5.74) is 0.999. The number of aromatic nitrogens is 4. The molecule has 0 saturated carbocycles. The Morgan fingerprint density at radius 3 is 2.72 bits per heavy atom. The number of amides is 2. The van der Waals surface area contributed by atoms with Crippen molar-refractivity contribution in [3.63, 3.8) is 0 Å². The number of nitrogens with one attached hydrogen (secondary N) is 1. The number of hydrogen-bond acceptors (Lipinski definition) is 7. The summed E-state index contributed by atoms with van der Waals surface area (Å²) in [6.07, 6.45) is 3.25. The molecule has 0 fully saturated rings. The van der Waals surface area contributed by atoms with Gasteiger partial charge in [-0.1, -0.05) is 36.4 Å². The van der Waals surface area contributed by atoms with Crippen LogP contribution in [-0.2, 0) is 16.1 Å². The zero-order chi connectivity index (χ0) is 22.3. The predicted molar refractivity (Wildman–Crippen MR) is 120 cm³/mol. The standard InChI is InChI=1S/C22H20N6O3S/c1-27(15-20(29)23-14-17-9-5-11-31-17)22(30)19(13-18-10-6-12-32-18)28-21(24-25-26-28)16-7-3-2-4-8-16/h2-13H,14-15H2,1H3,(H,23,29). The summed E-state index contributed by atoms with van der Waals surface area (Å²) in [6.45, 7) is 0.112. The third kappa shape index (κ3) is 4.98. The average Bonchev–Trinajstić information content (AvgIpc) is 3.59. The van der Waals surface area contributed by atoms with Crippen LogP contribution >= 0.6 is 11.3 Å². The molecule has 0 aliphatic rings. The summed E-state index contributed by atoms with van der Waals surface area (Å²) >= 11 is 1.48. The van der Waals surface area contributed by atoms with E-state index in [2.05, 4.69) is 20.8 Å². The van der Waals surface area contributed by atoms with Gasteiger partial charge >= 0.3 is 0 Å². The summed E-state index contributed by atoms with van der Waals surface area (Å²) < 4.78 is 6.61. The maximum Gasteiger partial charge on any atom is 0.272 e. The number of benzene rings is 1. The van der Waals surface area contributed by atoms with Gasteiger partial charge in [0.15, 0.2) is 5.82 Å². The van der Waals surface area contributed by atoms with E-state index in [1.165, 1.54) is 27.2 Å². The van der Waals surface area contributed by atoms with Crippen LogP contribution in [0.2, 0.25) is 0 Å². The van der Waals surface area contributed by atoms with Crippen LogP contribution in [0.5, 0.6) is 0 Å². The van der Waals surface area contributed by atoms with Gasteiger partial charge in [-0.25, -0.2) is 0 Å². The highest BCUT2D eigenvalue weighted by atomic mass is 32.1. The number of rotatable bonds is 8. The molecule has 32 heavy (non-hydrogen) atoms. The molecule has 4 rings (SSSR count). The second kappa shape index (κ2) is 9.84. The van der Waals surface area contributed by atoms with Crippen LogP contribution in [0.3, 0.4) is 0 Å². The minimum absolute atomic E-state index is 0.135. The minimum Gasteiger partial charge on any atom is -0.467 e. The van der Waals surface area contributed by atoms with E-state index in [1.54, 1.807) is 25.3 Å². The summed E-state index contributed by atoms with van der Waals surface area (Å²) in [5.74, 6) is 0.355. The Labute approximate surface area is 188 Å². The van der Waals surface area contributed by atoms with Crippen molar-refractivity contribution in [2.45, 2.75) is 6.54 Å². The van der Waals surface area contributed by atoms with Crippen LogP contribution in [0.25, 0.3) is 23.2 Å². The molecule has 2 amide bonds. The van der Waals surface area contributed by atoms with Gasteiger partial charge in [0, 0.05) is 17.5 Å². The van der Waals surface area contributed by atoms with Gasteiger partial charge in [-0.3, -0.25) is 9.59 Å². The molecule has 1 aromatic carbocycles. The van der Waals surface area contributed by atoms with Gasteiger partial charge in [0.1, 0.15) is 11.5 Å². The van der Waals surface area contributed by atoms with E-state index in [0.29, 0.717) is 11.6 Å². The molecule has 0 atom stereocenters. The van der Waals surface area contributed by atoms with Crippen LogP contribution in [0, 0.1) is 0 Å². The van der Waals surface area contributed by atoms with Gasteiger partial charge in [0.2, 0.25) is 5.91 Å². The second-order valence-electron chi connectivity index (χ2n) is 6.84. The van der Waals surface area contributed by atoms with Gasteiger partial charge in [0.05, 0.1) is 19.4 Å². The highest BCUT2D eigenvalue weighted by Crippen LogP contribution is 2.23. The minimum atomic E-state index is -0.393. The van der Waals surface area contributed by atoms with Crippen LogP contribution in [0.4, 0.5) is 0 Å². The number of furan rings is 1. The van der Waals surface area contributed by atoms with Crippen LogP contribution in [-0.4, -0.2) is 50.5 Å². The lowest BCUT2D eigenvalue weighted by Gasteiger charge is -2.19. The van der Waals surface area contributed by atoms with Crippen LogP contribution in [0.1, 0.15) is 10.6 Å². The van der Waals surface area contributed by atoms with Gasteiger partial charge in [-0.15, -0.1) is 16.4 Å². The maximum absolute atomic E-state index is 13.4. The summed E-state index contributed by atoms with van der Waals surface area (Å²) in [4.78, 5) is 27.9. The van der Waals surface area contributed by atoms with E-state index in [9.17, 15) is 9.59 Å². The van der Waals surface area contributed by atoms with Crippen molar-refractivity contribution in [1.82, 2.24) is 30.4 Å². The smallest absolute Gasteiger partial charge is 0.272 e. The fourth-order valence-corrected chi connectivity index (χ4v) is 3.63. The summed E-state index contributed by atoms with van der Waals surface area (Å²) in [7, 11) is 1.56. The van der Waals surface area contributed by atoms with Gasteiger partial charge in [-0.05, 0) is 40.1 Å². The highest BCUT2D eigenvalue weighted by Gasteiger charge is 2.23. The van der Waals surface area contributed by atoms with Crippen LogP contribution < -0.4 is 5.32 Å². The number of nitrogens with zero attached hydrogens (tertiary/aromatic N) is 5. The van der Waals surface area contributed by atoms with Crippen LogP contribution in [0.15, 0.2) is 70.7 Å². The molecule has 0 radical (unpaired) electrons. The quantitative estimate of drug-likeness (QED) is 0.416. The van der Waals surface area contributed by atoms with Crippen molar-refractivity contribution < 1.29 is 14.0 Å². The Morgan fingerprint density at radius 1 is 1.16 bits per heavy atom. The zero-order valence-corrected chi connectivity index (χ0v) is 18.0. The second-order valence-corrected chi connectivity index (χ2v) is 7.82. The van der Waals surface area contributed by atoms with Crippen molar-refractivity contribution in [2.24, 2.45) is 0 Å². The van der Waals surface area contributed by atoms with E-state index >= 15 is 0 Å². The lowest BCUT2D eigenvalue weighted by atomic mass is 10.2. The number of thiophene rings is 1.